The third-order valence-electron chi connectivity index (χ3n) is 5.10. The molecule has 0 spiro atoms. The van der Waals surface area contributed by atoms with E-state index in [-0.39, 0.29) is 17.6 Å². The molecule has 3 heterocycles. The van der Waals surface area contributed by atoms with Crippen molar-refractivity contribution in [3.63, 3.8) is 0 Å². The second-order valence-electron chi connectivity index (χ2n) is 7.07. The molecule has 1 amide bonds. The molecule has 0 saturated carbocycles. The second kappa shape index (κ2) is 8.79. The van der Waals surface area contributed by atoms with E-state index in [9.17, 15) is 9.59 Å². The fourth-order valence-electron chi connectivity index (χ4n) is 3.47. The minimum atomic E-state index is -0.137. The van der Waals surface area contributed by atoms with Gasteiger partial charge >= 0.3 is 0 Å². The second-order valence-corrected chi connectivity index (χ2v) is 8.88. The Bertz CT molecular complexity index is 1100. The molecule has 30 heavy (non-hydrogen) atoms. The van der Waals surface area contributed by atoms with E-state index >= 15 is 0 Å². The molecule has 0 N–H and O–H groups in total. The minimum Gasteiger partial charge on any atom is -0.338 e. The van der Waals surface area contributed by atoms with Gasteiger partial charge < -0.3 is 4.90 Å². The molecule has 1 aromatic carbocycles. The molecule has 4 rings (SSSR count). The largest absolute Gasteiger partial charge is 0.338 e. The summed E-state index contributed by atoms with van der Waals surface area (Å²) in [6.45, 7) is 2.85. The first-order chi connectivity index (χ1) is 14.4. The summed E-state index contributed by atoms with van der Waals surface area (Å²) >= 11 is 13.3. The number of hydrogen-bond acceptors (Lipinski definition) is 6. The Morgan fingerprint density at radius 1 is 1.10 bits per heavy atom. The number of aryl methyl sites for hydroxylation is 1. The zero-order valence-corrected chi connectivity index (χ0v) is 18.5. The lowest BCUT2D eigenvalue weighted by molar-refractivity contribution is 0.0653. The molecule has 1 saturated heterocycles. The fraction of sp³-hybridized carbons (Fsp3) is 0.286. The Kier molecular flexibility index (Phi) is 6.13. The van der Waals surface area contributed by atoms with Crippen molar-refractivity contribution in [2.45, 2.75) is 19.8 Å². The van der Waals surface area contributed by atoms with Gasteiger partial charge in [-0.25, -0.2) is 15.0 Å². The molecule has 1 fully saturated rings. The van der Waals surface area contributed by atoms with E-state index in [0.29, 0.717) is 62.9 Å². The number of likely N-dealkylation sites (tertiary alicyclic amines) is 1. The number of nitrogens with zero attached hydrogens (tertiary/aromatic N) is 4. The molecule has 154 valence electrons. The van der Waals surface area contributed by atoms with E-state index in [1.807, 2.05) is 6.92 Å². The number of rotatable bonds is 4. The van der Waals surface area contributed by atoms with Gasteiger partial charge in [0.05, 0.1) is 15.7 Å². The van der Waals surface area contributed by atoms with Gasteiger partial charge in [0.25, 0.3) is 5.91 Å². The molecule has 3 aromatic rings. The van der Waals surface area contributed by atoms with E-state index in [0.717, 1.165) is 0 Å². The van der Waals surface area contributed by atoms with Crippen molar-refractivity contribution in [1.82, 2.24) is 19.9 Å². The smallest absolute Gasteiger partial charge is 0.265 e. The maximum atomic E-state index is 13.0. The van der Waals surface area contributed by atoms with Crippen molar-refractivity contribution in [2.75, 3.05) is 13.1 Å². The van der Waals surface area contributed by atoms with Gasteiger partial charge in [-0.1, -0.05) is 23.2 Å². The van der Waals surface area contributed by atoms with Gasteiger partial charge in [0, 0.05) is 37.0 Å². The molecule has 0 atom stereocenters. The summed E-state index contributed by atoms with van der Waals surface area (Å²) < 4.78 is 0. The number of ketones is 1. The number of hydrogen-bond donors (Lipinski definition) is 0. The summed E-state index contributed by atoms with van der Waals surface area (Å²) in [5.41, 5.74) is 1.22. The van der Waals surface area contributed by atoms with Crippen LogP contribution in [0.1, 0.15) is 38.6 Å². The maximum absolute atomic E-state index is 13.0. The molecule has 0 bridgehead atoms. The van der Waals surface area contributed by atoms with Gasteiger partial charge in [0.1, 0.15) is 4.88 Å². The van der Waals surface area contributed by atoms with Crippen LogP contribution in [0.25, 0.3) is 10.8 Å². The van der Waals surface area contributed by atoms with Crippen LogP contribution < -0.4 is 0 Å². The van der Waals surface area contributed by atoms with Gasteiger partial charge in [-0.3, -0.25) is 9.59 Å². The molecule has 2 aromatic heterocycles. The van der Waals surface area contributed by atoms with E-state index < -0.39 is 0 Å². The van der Waals surface area contributed by atoms with E-state index in [2.05, 4.69) is 15.0 Å². The fourth-order valence-corrected chi connectivity index (χ4v) is 4.75. The van der Waals surface area contributed by atoms with Gasteiger partial charge in [-0.2, -0.15) is 0 Å². The van der Waals surface area contributed by atoms with Gasteiger partial charge in [0.15, 0.2) is 16.6 Å². The number of amides is 1. The Balaban J connectivity index is 1.43. The summed E-state index contributed by atoms with van der Waals surface area (Å²) in [6, 6.07) is 6.68. The van der Waals surface area contributed by atoms with E-state index in [1.165, 1.54) is 11.3 Å². The van der Waals surface area contributed by atoms with Crippen LogP contribution in [0.2, 0.25) is 10.0 Å². The standard InChI is InChI=1S/C21H18Cl2N4O2S/c1-12-18(30-20(26-12)19-24-7-2-8-25-19)21(29)27-9-5-13(6-10-27)17(28)14-3-4-15(22)16(23)11-14/h2-4,7-8,11,13H,5-6,9-10H2,1H3. The number of thiazole rings is 1. The Morgan fingerprint density at radius 3 is 2.47 bits per heavy atom. The highest BCUT2D eigenvalue weighted by atomic mass is 35.5. The average molecular weight is 461 g/mol. The molecule has 1 aliphatic rings. The van der Waals surface area contributed by atoms with Crippen LogP contribution in [0.4, 0.5) is 0 Å². The summed E-state index contributed by atoms with van der Waals surface area (Å²) in [5, 5.41) is 1.42. The molecular weight excluding hydrogens is 443 g/mol. The topological polar surface area (TPSA) is 76.1 Å². The normalized spacial score (nSPS) is 14.7. The number of halogens is 2. The lowest BCUT2D eigenvalue weighted by atomic mass is 9.89. The lowest BCUT2D eigenvalue weighted by Crippen LogP contribution is -2.40. The number of aromatic nitrogens is 3. The zero-order chi connectivity index (χ0) is 21.3. The molecule has 9 heteroatoms. The van der Waals surface area contributed by atoms with Crippen molar-refractivity contribution in [2.24, 2.45) is 5.92 Å². The maximum Gasteiger partial charge on any atom is 0.265 e. The highest BCUT2D eigenvalue weighted by Crippen LogP contribution is 2.30. The Hall–Kier alpha value is -2.35. The molecule has 6 nitrogen and oxygen atoms in total. The Morgan fingerprint density at radius 2 is 1.80 bits per heavy atom. The van der Waals surface area contributed by atoms with E-state index in [4.69, 9.17) is 23.2 Å². The lowest BCUT2D eigenvalue weighted by Gasteiger charge is -2.31. The van der Waals surface area contributed by atoms with Crippen LogP contribution in [-0.4, -0.2) is 44.6 Å². The molecular formula is C21H18Cl2N4O2S. The summed E-state index contributed by atoms with van der Waals surface area (Å²) in [7, 11) is 0. The monoisotopic (exact) mass is 460 g/mol. The van der Waals surface area contributed by atoms with Crippen molar-refractivity contribution in [3.05, 3.63) is 62.8 Å². The highest BCUT2D eigenvalue weighted by Gasteiger charge is 2.30. The van der Waals surface area contributed by atoms with Crippen molar-refractivity contribution in [1.29, 1.82) is 0 Å². The van der Waals surface area contributed by atoms with Crippen LogP contribution in [0.15, 0.2) is 36.7 Å². The molecule has 0 aliphatic carbocycles. The molecule has 1 aliphatic heterocycles. The quantitative estimate of drug-likeness (QED) is 0.514. The summed E-state index contributed by atoms with van der Waals surface area (Å²) in [5.74, 6) is 0.350. The number of piperidine rings is 1. The third-order valence-corrected chi connectivity index (χ3v) is 6.99. The predicted octanol–water partition coefficient (Wildman–Crippen LogP) is 4.95. The zero-order valence-electron chi connectivity index (χ0n) is 16.1. The number of benzene rings is 1. The summed E-state index contributed by atoms with van der Waals surface area (Å²) in [6.07, 6.45) is 4.51. The number of carbonyl (C=O) groups excluding carboxylic acids is 2. The first-order valence-corrected chi connectivity index (χ1v) is 11.0. The minimum absolute atomic E-state index is 0.0400. The van der Waals surface area contributed by atoms with E-state index in [1.54, 1.807) is 41.6 Å². The SMILES string of the molecule is Cc1nc(-c2ncccn2)sc1C(=O)N1CCC(C(=O)c2ccc(Cl)c(Cl)c2)CC1. The van der Waals surface area contributed by atoms with Gasteiger partial charge in [-0.05, 0) is 44.0 Å². The summed E-state index contributed by atoms with van der Waals surface area (Å²) in [4.78, 5) is 41.1. The number of carbonyl (C=O) groups is 2. The predicted molar refractivity (Wildman–Crippen MR) is 117 cm³/mol. The number of Topliss-reactive ketones (excluding diaryl/α,β-unsaturated/α-hetero) is 1. The third kappa shape index (κ3) is 4.24. The Labute approximate surface area is 187 Å². The van der Waals surface area contributed by atoms with Crippen LogP contribution in [0, 0.1) is 12.8 Å². The van der Waals surface area contributed by atoms with Crippen molar-refractivity contribution < 1.29 is 9.59 Å². The van der Waals surface area contributed by atoms with Crippen LogP contribution in [0.3, 0.4) is 0 Å². The van der Waals surface area contributed by atoms with Gasteiger partial charge in [-0.15, -0.1) is 11.3 Å². The van der Waals surface area contributed by atoms with Crippen LogP contribution >= 0.6 is 34.5 Å². The molecule has 0 radical (unpaired) electrons. The van der Waals surface area contributed by atoms with Gasteiger partial charge in [0.2, 0.25) is 0 Å². The van der Waals surface area contributed by atoms with Crippen molar-refractivity contribution in [3.8, 4) is 10.8 Å². The first-order valence-electron chi connectivity index (χ1n) is 9.47. The van der Waals surface area contributed by atoms with Crippen molar-refractivity contribution >= 4 is 46.2 Å². The average Bonchev–Trinajstić information content (AvgIpc) is 3.17. The first kappa shape index (κ1) is 20.9. The van der Waals surface area contributed by atoms with Crippen LogP contribution in [-0.2, 0) is 0 Å². The molecule has 0 unspecified atom stereocenters. The van der Waals surface area contributed by atoms with Crippen LogP contribution in [0.5, 0.6) is 0 Å². The highest BCUT2D eigenvalue weighted by molar-refractivity contribution is 7.17.